The van der Waals surface area contributed by atoms with Crippen LogP contribution in [0.2, 0.25) is 0 Å². The number of anilines is 1. The SMILES string of the molecule is COc1ccc(C(=O)N2CC(C(=O)NCc3ccccc3)Oc3ccccc32)cc1C. The summed E-state index contributed by atoms with van der Waals surface area (Å²) in [5.74, 6) is 0.772. The molecule has 6 heteroatoms. The van der Waals surface area contributed by atoms with Gasteiger partial charge in [0.1, 0.15) is 11.5 Å². The topological polar surface area (TPSA) is 67.9 Å². The third-order valence-electron chi connectivity index (χ3n) is 5.26. The number of ether oxygens (including phenoxy) is 2. The van der Waals surface area contributed by atoms with E-state index in [1.54, 1.807) is 36.3 Å². The fourth-order valence-corrected chi connectivity index (χ4v) is 3.63. The first kappa shape index (κ1) is 20.5. The minimum Gasteiger partial charge on any atom is -0.496 e. The summed E-state index contributed by atoms with van der Waals surface area (Å²) in [6, 6.07) is 22.2. The van der Waals surface area contributed by atoms with Crippen molar-refractivity contribution in [2.24, 2.45) is 0 Å². The molecule has 0 bridgehead atoms. The van der Waals surface area contributed by atoms with Gasteiger partial charge in [0.15, 0.2) is 6.10 Å². The summed E-state index contributed by atoms with van der Waals surface area (Å²) in [6.45, 7) is 2.41. The van der Waals surface area contributed by atoms with E-state index in [-0.39, 0.29) is 18.4 Å². The normalized spacial score (nSPS) is 14.9. The van der Waals surface area contributed by atoms with E-state index >= 15 is 0 Å². The van der Waals surface area contributed by atoms with Crippen molar-refractivity contribution < 1.29 is 19.1 Å². The summed E-state index contributed by atoms with van der Waals surface area (Å²) < 4.78 is 11.2. The number of amides is 2. The van der Waals surface area contributed by atoms with Gasteiger partial charge in [-0.3, -0.25) is 9.59 Å². The van der Waals surface area contributed by atoms with Crippen molar-refractivity contribution in [1.29, 1.82) is 0 Å². The monoisotopic (exact) mass is 416 g/mol. The van der Waals surface area contributed by atoms with Crippen LogP contribution in [0, 0.1) is 6.92 Å². The Balaban J connectivity index is 1.56. The molecule has 2 amide bonds. The molecule has 1 heterocycles. The molecule has 0 saturated carbocycles. The first-order chi connectivity index (χ1) is 15.1. The Morgan fingerprint density at radius 1 is 1.06 bits per heavy atom. The minimum absolute atomic E-state index is 0.127. The van der Waals surface area contributed by atoms with E-state index in [1.807, 2.05) is 55.5 Å². The lowest BCUT2D eigenvalue weighted by atomic mass is 10.1. The van der Waals surface area contributed by atoms with Crippen LogP contribution in [0.1, 0.15) is 21.5 Å². The first-order valence-electron chi connectivity index (χ1n) is 10.1. The summed E-state index contributed by atoms with van der Waals surface area (Å²) in [7, 11) is 1.60. The van der Waals surface area contributed by atoms with Gasteiger partial charge in [0, 0.05) is 12.1 Å². The number of rotatable bonds is 5. The second-order valence-electron chi connectivity index (χ2n) is 7.38. The molecule has 1 N–H and O–H groups in total. The number of fused-ring (bicyclic) bond motifs is 1. The average Bonchev–Trinajstić information content (AvgIpc) is 2.82. The van der Waals surface area contributed by atoms with E-state index in [9.17, 15) is 9.59 Å². The molecule has 6 nitrogen and oxygen atoms in total. The number of methoxy groups -OCH3 is 1. The average molecular weight is 416 g/mol. The van der Waals surface area contributed by atoms with Crippen LogP contribution in [0.15, 0.2) is 72.8 Å². The summed E-state index contributed by atoms with van der Waals surface area (Å²) in [4.78, 5) is 27.8. The highest BCUT2D eigenvalue weighted by molar-refractivity contribution is 6.08. The van der Waals surface area contributed by atoms with Crippen LogP contribution in [-0.4, -0.2) is 31.6 Å². The molecule has 1 aliphatic rings. The van der Waals surface area contributed by atoms with E-state index in [0.29, 0.717) is 23.5 Å². The molecule has 0 spiro atoms. The molecule has 0 aromatic heterocycles. The number of hydrogen-bond donors (Lipinski definition) is 1. The highest BCUT2D eigenvalue weighted by Crippen LogP contribution is 2.34. The molecule has 1 aliphatic heterocycles. The predicted octanol–water partition coefficient (Wildman–Crippen LogP) is 3.73. The zero-order valence-corrected chi connectivity index (χ0v) is 17.5. The van der Waals surface area contributed by atoms with Crippen LogP contribution in [-0.2, 0) is 11.3 Å². The van der Waals surface area contributed by atoms with Crippen molar-refractivity contribution in [2.75, 3.05) is 18.6 Å². The lowest BCUT2D eigenvalue weighted by Gasteiger charge is -2.34. The largest absolute Gasteiger partial charge is 0.496 e. The number of carbonyl (C=O) groups is 2. The standard InChI is InChI=1S/C25H24N2O4/c1-17-14-19(12-13-21(17)30-2)25(29)27-16-23(31-22-11-7-6-10-20(22)27)24(28)26-15-18-8-4-3-5-9-18/h3-14,23H,15-16H2,1-2H3,(H,26,28). The van der Waals surface area contributed by atoms with Gasteiger partial charge in [-0.15, -0.1) is 0 Å². The van der Waals surface area contributed by atoms with Crippen molar-refractivity contribution in [3.8, 4) is 11.5 Å². The number of hydrogen-bond acceptors (Lipinski definition) is 4. The van der Waals surface area contributed by atoms with E-state index < -0.39 is 6.10 Å². The molecule has 4 rings (SSSR count). The quantitative estimate of drug-likeness (QED) is 0.688. The summed E-state index contributed by atoms with van der Waals surface area (Å²) in [5.41, 5.74) is 3.03. The van der Waals surface area contributed by atoms with Crippen LogP contribution in [0.3, 0.4) is 0 Å². The first-order valence-corrected chi connectivity index (χ1v) is 10.1. The highest BCUT2D eigenvalue weighted by Gasteiger charge is 2.34. The molecule has 31 heavy (non-hydrogen) atoms. The van der Waals surface area contributed by atoms with E-state index in [1.165, 1.54) is 0 Å². The molecule has 0 fully saturated rings. The minimum atomic E-state index is -0.804. The maximum Gasteiger partial charge on any atom is 0.263 e. The summed E-state index contributed by atoms with van der Waals surface area (Å²) in [5, 5.41) is 2.90. The van der Waals surface area contributed by atoms with Crippen molar-refractivity contribution in [1.82, 2.24) is 5.32 Å². The Kier molecular flexibility index (Phi) is 5.89. The van der Waals surface area contributed by atoms with Crippen LogP contribution in [0.25, 0.3) is 0 Å². The molecule has 0 saturated heterocycles. The highest BCUT2D eigenvalue weighted by atomic mass is 16.5. The summed E-state index contributed by atoms with van der Waals surface area (Å²) >= 11 is 0. The van der Waals surface area contributed by atoms with Gasteiger partial charge in [-0.25, -0.2) is 0 Å². The zero-order chi connectivity index (χ0) is 21.8. The Labute approximate surface area is 181 Å². The molecule has 0 radical (unpaired) electrons. The second kappa shape index (κ2) is 8.92. The molecule has 158 valence electrons. The van der Waals surface area contributed by atoms with Crippen LogP contribution < -0.4 is 19.7 Å². The smallest absolute Gasteiger partial charge is 0.263 e. The fraction of sp³-hybridized carbons (Fsp3) is 0.200. The lowest BCUT2D eigenvalue weighted by Crippen LogP contribution is -2.50. The van der Waals surface area contributed by atoms with Crippen molar-refractivity contribution in [2.45, 2.75) is 19.6 Å². The molecule has 3 aromatic rings. The zero-order valence-electron chi connectivity index (χ0n) is 17.5. The fourth-order valence-electron chi connectivity index (χ4n) is 3.63. The Hall–Kier alpha value is -3.80. The van der Waals surface area contributed by atoms with Gasteiger partial charge in [-0.05, 0) is 48.4 Å². The second-order valence-corrected chi connectivity index (χ2v) is 7.38. The number of aryl methyl sites for hydroxylation is 1. The number of benzene rings is 3. The number of para-hydroxylation sites is 2. The maximum atomic E-state index is 13.4. The number of nitrogens with one attached hydrogen (secondary N) is 1. The van der Waals surface area contributed by atoms with Crippen molar-refractivity contribution >= 4 is 17.5 Å². The molecular formula is C25H24N2O4. The third kappa shape index (κ3) is 4.38. The third-order valence-corrected chi connectivity index (χ3v) is 5.26. The van der Waals surface area contributed by atoms with Gasteiger partial charge >= 0.3 is 0 Å². The molecule has 1 atom stereocenters. The van der Waals surface area contributed by atoms with Gasteiger partial charge in [0.25, 0.3) is 11.8 Å². The van der Waals surface area contributed by atoms with Gasteiger partial charge in [-0.1, -0.05) is 42.5 Å². The number of nitrogens with zero attached hydrogens (tertiary/aromatic N) is 1. The molecule has 1 unspecified atom stereocenters. The van der Waals surface area contributed by atoms with Gasteiger partial charge in [-0.2, -0.15) is 0 Å². The lowest BCUT2D eigenvalue weighted by molar-refractivity contribution is -0.127. The van der Waals surface area contributed by atoms with Gasteiger partial charge in [0.2, 0.25) is 0 Å². The van der Waals surface area contributed by atoms with Gasteiger partial charge in [0.05, 0.1) is 19.3 Å². The number of carbonyl (C=O) groups excluding carboxylic acids is 2. The van der Waals surface area contributed by atoms with E-state index in [0.717, 1.165) is 16.9 Å². The Morgan fingerprint density at radius 2 is 1.81 bits per heavy atom. The van der Waals surface area contributed by atoms with Crippen LogP contribution >= 0.6 is 0 Å². The molecule has 3 aromatic carbocycles. The Morgan fingerprint density at radius 3 is 2.55 bits per heavy atom. The van der Waals surface area contributed by atoms with Crippen LogP contribution in [0.5, 0.6) is 11.5 Å². The predicted molar refractivity (Wildman–Crippen MR) is 119 cm³/mol. The van der Waals surface area contributed by atoms with Crippen molar-refractivity contribution in [3.63, 3.8) is 0 Å². The summed E-state index contributed by atoms with van der Waals surface area (Å²) in [6.07, 6.45) is -0.804. The molecular weight excluding hydrogens is 392 g/mol. The molecule has 0 aliphatic carbocycles. The van der Waals surface area contributed by atoms with Gasteiger partial charge < -0.3 is 19.7 Å². The Bertz CT molecular complexity index is 1100. The van der Waals surface area contributed by atoms with Crippen molar-refractivity contribution in [3.05, 3.63) is 89.5 Å². The van der Waals surface area contributed by atoms with E-state index in [2.05, 4.69) is 5.32 Å². The van der Waals surface area contributed by atoms with E-state index in [4.69, 9.17) is 9.47 Å². The van der Waals surface area contributed by atoms with Crippen LogP contribution in [0.4, 0.5) is 5.69 Å². The maximum absolute atomic E-state index is 13.4.